The van der Waals surface area contributed by atoms with Crippen molar-refractivity contribution in [3.63, 3.8) is 0 Å². The normalized spacial score (nSPS) is 22.3. The van der Waals surface area contributed by atoms with Gasteiger partial charge in [-0.1, -0.05) is 42.6 Å². The predicted octanol–water partition coefficient (Wildman–Crippen LogP) is 2.75. The molecule has 0 aromatic heterocycles. The zero-order chi connectivity index (χ0) is 15.5. The van der Waals surface area contributed by atoms with E-state index in [9.17, 15) is 9.59 Å². The van der Waals surface area contributed by atoms with Crippen molar-refractivity contribution in [1.29, 1.82) is 0 Å². The number of hydrogen-bond acceptors (Lipinski definition) is 2. The third-order valence-corrected chi connectivity index (χ3v) is 5.07. The Labute approximate surface area is 135 Å². The zero-order valence-corrected chi connectivity index (χ0v) is 13.3. The lowest BCUT2D eigenvalue weighted by Crippen LogP contribution is -2.36. The Hall–Kier alpha value is -1.55. The van der Waals surface area contributed by atoms with E-state index in [0.29, 0.717) is 30.6 Å². The Bertz CT molecular complexity index is 570. The van der Waals surface area contributed by atoms with Gasteiger partial charge in [-0.05, 0) is 24.5 Å². The van der Waals surface area contributed by atoms with Crippen LogP contribution in [0.5, 0.6) is 0 Å². The molecule has 1 aliphatic carbocycles. The van der Waals surface area contributed by atoms with Crippen LogP contribution in [-0.4, -0.2) is 29.3 Å². The van der Waals surface area contributed by atoms with Crippen LogP contribution in [0.25, 0.3) is 0 Å². The molecule has 2 aliphatic rings. The molecule has 1 saturated heterocycles. The Balaban J connectivity index is 1.55. The highest BCUT2D eigenvalue weighted by molar-refractivity contribution is 6.31. The Kier molecular flexibility index (Phi) is 4.67. The Morgan fingerprint density at radius 3 is 2.73 bits per heavy atom. The van der Waals surface area contributed by atoms with Gasteiger partial charge < -0.3 is 10.2 Å². The number of amides is 2. The Morgan fingerprint density at radius 2 is 2.00 bits per heavy atom. The van der Waals surface area contributed by atoms with Gasteiger partial charge >= 0.3 is 0 Å². The molecule has 3 rings (SSSR count). The molecule has 1 aliphatic heterocycles. The minimum Gasteiger partial charge on any atom is -0.352 e. The van der Waals surface area contributed by atoms with E-state index in [1.54, 1.807) is 0 Å². The van der Waals surface area contributed by atoms with Gasteiger partial charge in [-0.3, -0.25) is 9.59 Å². The van der Waals surface area contributed by atoms with Crippen molar-refractivity contribution < 1.29 is 9.59 Å². The number of likely N-dealkylation sites (tertiary alicyclic amines) is 1. The van der Waals surface area contributed by atoms with Gasteiger partial charge in [0.25, 0.3) is 0 Å². The van der Waals surface area contributed by atoms with Crippen LogP contribution in [0.4, 0.5) is 0 Å². The summed E-state index contributed by atoms with van der Waals surface area (Å²) >= 11 is 6.09. The first-order chi connectivity index (χ1) is 10.6. The van der Waals surface area contributed by atoms with Crippen molar-refractivity contribution in [3.8, 4) is 0 Å². The van der Waals surface area contributed by atoms with Crippen LogP contribution in [0.15, 0.2) is 24.3 Å². The van der Waals surface area contributed by atoms with Crippen molar-refractivity contribution in [1.82, 2.24) is 10.2 Å². The summed E-state index contributed by atoms with van der Waals surface area (Å²) in [7, 11) is 0. The van der Waals surface area contributed by atoms with Gasteiger partial charge in [0.15, 0.2) is 0 Å². The third kappa shape index (κ3) is 3.27. The van der Waals surface area contributed by atoms with Crippen LogP contribution in [0.2, 0.25) is 5.02 Å². The van der Waals surface area contributed by atoms with Gasteiger partial charge in [-0.2, -0.15) is 0 Å². The van der Waals surface area contributed by atoms with Crippen LogP contribution in [0.3, 0.4) is 0 Å². The molecule has 22 heavy (non-hydrogen) atoms. The number of rotatable bonds is 4. The molecule has 2 amide bonds. The maximum absolute atomic E-state index is 12.3. The van der Waals surface area contributed by atoms with E-state index < -0.39 is 0 Å². The molecule has 2 fully saturated rings. The quantitative estimate of drug-likeness (QED) is 0.927. The predicted molar refractivity (Wildman–Crippen MR) is 85.4 cm³/mol. The minimum atomic E-state index is -0.226. The maximum Gasteiger partial charge on any atom is 0.225 e. The fourth-order valence-corrected chi connectivity index (χ4v) is 3.65. The molecule has 1 saturated carbocycles. The number of carbonyl (C=O) groups is 2. The molecule has 1 atom stereocenters. The second-order valence-corrected chi connectivity index (χ2v) is 6.60. The van der Waals surface area contributed by atoms with E-state index in [1.165, 1.54) is 12.8 Å². The fourth-order valence-electron chi connectivity index (χ4n) is 3.44. The summed E-state index contributed by atoms with van der Waals surface area (Å²) in [5.41, 5.74) is 0.898. The minimum absolute atomic E-state index is 0.0474. The summed E-state index contributed by atoms with van der Waals surface area (Å²) in [6.07, 6.45) is 4.89. The molecular weight excluding hydrogens is 300 g/mol. The topological polar surface area (TPSA) is 49.4 Å². The van der Waals surface area contributed by atoms with Gasteiger partial charge in [0.2, 0.25) is 11.8 Å². The smallest absolute Gasteiger partial charge is 0.225 e. The third-order valence-electron chi connectivity index (χ3n) is 4.71. The Morgan fingerprint density at radius 1 is 1.27 bits per heavy atom. The molecule has 118 valence electrons. The van der Waals surface area contributed by atoms with Crippen LogP contribution in [0, 0.1) is 5.92 Å². The monoisotopic (exact) mass is 320 g/mol. The summed E-state index contributed by atoms with van der Waals surface area (Å²) in [6, 6.07) is 7.82. The van der Waals surface area contributed by atoms with Crippen molar-refractivity contribution >= 4 is 23.4 Å². The summed E-state index contributed by atoms with van der Waals surface area (Å²) < 4.78 is 0. The largest absolute Gasteiger partial charge is 0.352 e. The molecule has 1 N–H and O–H groups in total. The molecule has 5 heteroatoms. The van der Waals surface area contributed by atoms with Crippen molar-refractivity contribution in [2.45, 2.75) is 44.7 Å². The van der Waals surface area contributed by atoms with E-state index in [1.807, 2.05) is 29.2 Å². The first-order valence-corrected chi connectivity index (χ1v) is 8.33. The van der Waals surface area contributed by atoms with E-state index in [4.69, 9.17) is 11.6 Å². The van der Waals surface area contributed by atoms with E-state index in [-0.39, 0.29) is 17.7 Å². The molecule has 1 heterocycles. The van der Waals surface area contributed by atoms with Crippen molar-refractivity contribution in [2.75, 3.05) is 6.54 Å². The van der Waals surface area contributed by atoms with Gasteiger partial charge in [-0.25, -0.2) is 0 Å². The van der Waals surface area contributed by atoms with Crippen LogP contribution < -0.4 is 5.32 Å². The summed E-state index contributed by atoms with van der Waals surface area (Å²) in [5, 5.41) is 3.56. The molecule has 1 aromatic rings. The number of halogens is 1. The SMILES string of the molecule is O=C(NCc1ccccc1Cl)[C@H]1CC(=O)N(C2CCCC2)C1. The summed E-state index contributed by atoms with van der Waals surface area (Å²) in [4.78, 5) is 26.4. The van der Waals surface area contributed by atoms with Gasteiger partial charge in [-0.15, -0.1) is 0 Å². The van der Waals surface area contributed by atoms with Crippen LogP contribution in [0.1, 0.15) is 37.7 Å². The molecule has 4 nitrogen and oxygen atoms in total. The average Bonchev–Trinajstić information content (AvgIpc) is 3.15. The molecule has 0 radical (unpaired) electrons. The molecule has 1 aromatic carbocycles. The van der Waals surface area contributed by atoms with Gasteiger partial charge in [0.05, 0.1) is 5.92 Å². The van der Waals surface area contributed by atoms with Gasteiger partial charge in [0, 0.05) is 30.6 Å². The second-order valence-electron chi connectivity index (χ2n) is 6.19. The zero-order valence-electron chi connectivity index (χ0n) is 12.6. The number of carbonyl (C=O) groups excluding carboxylic acids is 2. The molecule has 0 unspecified atom stereocenters. The number of hydrogen-bond donors (Lipinski definition) is 1. The first-order valence-electron chi connectivity index (χ1n) is 7.95. The van der Waals surface area contributed by atoms with Crippen LogP contribution in [-0.2, 0) is 16.1 Å². The highest BCUT2D eigenvalue weighted by atomic mass is 35.5. The highest BCUT2D eigenvalue weighted by Crippen LogP contribution is 2.29. The lowest BCUT2D eigenvalue weighted by molar-refractivity contribution is -0.130. The highest BCUT2D eigenvalue weighted by Gasteiger charge is 2.38. The second kappa shape index (κ2) is 6.69. The lowest BCUT2D eigenvalue weighted by Gasteiger charge is -2.23. The van der Waals surface area contributed by atoms with E-state index in [2.05, 4.69) is 5.32 Å². The van der Waals surface area contributed by atoms with E-state index in [0.717, 1.165) is 18.4 Å². The maximum atomic E-state index is 12.3. The van der Waals surface area contributed by atoms with Crippen molar-refractivity contribution in [3.05, 3.63) is 34.9 Å². The van der Waals surface area contributed by atoms with E-state index >= 15 is 0 Å². The first kappa shape index (κ1) is 15.3. The lowest BCUT2D eigenvalue weighted by atomic mass is 10.1. The number of nitrogens with one attached hydrogen (secondary N) is 1. The standard InChI is InChI=1S/C17H21ClN2O2/c18-15-8-4-1-5-12(15)10-19-17(22)13-9-16(21)20(11-13)14-6-2-3-7-14/h1,4-5,8,13-14H,2-3,6-7,9-11H2,(H,19,22)/t13-/m0/s1. The average molecular weight is 321 g/mol. The fraction of sp³-hybridized carbons (Fsp3) is 0.529. The number of nitrogens with zero attached hydrogens (tertiary/aromatic N) is 1. The van der Waals surface area contributed by atoms with Crippen molar-refractivity contribution in [2.24, 2.45) is 5.92 Å². The van der Waals surface area contributed by atoms with Crippen LogP contribution >= 0.6 is 11.6 Å². The molecule has 0 bridgehead atoms. The summed E-state index contributed by atoms with van der Waals surface area (Å²) in [6.45, 7) is 0.977. The number of benzene rings is 1. The van der Waals surface area contributed by atoms with Gasteiger partial charge in [0.1, 0.15) is 0 Å². The molecular formula is C17H21ClN2O2. The summed E-state index contributed by atoms with van der Waals surface area (Å²) in [5.74, 6) is -0.144. The molecule has 0 spiro atoms.